The first-order chi connectivity index (χ1) is 8.66. The molecule has 0 aliphatic carbocycles. The zero-order valence-corrected chi connectivity index (χ0v) is 11.2. The molecule has 0 bridgehead atoms. The first kappa shape index (κ1) is 13.0. The van der Waals surface area contributed by atoms with Crippen molar-refractivity contribution < 1.29 is 4.79 Å². The van der Waals surface area contributed by atoms with Crippen molar-refractivity contribution in [3.05, 3.63) is 30.1 Å². The van der Waals surface area contributed by atoms with Gasteiger partial charge in [0.2, 0.25) is 5.91 Å². The summed E-state index contributed by atoms with van der Waals surface area (Å²) in [7, 11) is 3.68. The van der Waals surface area contributed by atoms with E-state index in [9.17, 15) is 4.79 Å². The van der Waals surface area contributed by atoms with Crippen LogP contribution in [0.4, 0.5) is 0 Å². The van der Waals surface area contributed by atoms with Crippen LogP contribution in [0.1, 0.15) is 18.4 Å². The lowest BCUT2D eigenvalue weighted by atomic mass is 9.95. The molecule has 1 aromatic rings. The molecule has 0 saturated carbocycles. The predicted molar refractivity (Wildman–Crippen MR) is 70.9 cm³/mol. The zero-order chi connectivity index (χ0) is 13.0. The average molecular weight is 247 g/mol. The minimum absolute atomic E-state index is 0.216. The maximum Gasteiger partial charge on any atom is 0.225 e. The molecule has 4 nitrogen and oxygen atoms in total. The third-order valence-electron chi connectivity index (χ3n) is 3.53. The van der Waals surface area contributed by atoms with Gasteiger partial charge in [-0.2, -0.15) is 0 Å². The molecule has 1 amide bonds. The molecule has 2 heterocycles. The molecule has 1 aromatic heterocycles. The van der Waals surface area contributed by atoms with Crippen molar-refractivity contribution in [3.8, 4) is 0 Å². The van der Waals surface area contributed by atoms with Crippen LogP contribution in [-0.2, 0) is 11.3 Å². The molecule has 1 fully saturated rings. The Bertz CT molecular complexity index is 383. The standard InChI is InChI=1S/C14H21N3O/c1-16(2)14(18)13-5-9-17(10-6-13)11-12-3-7-15-8-4-12/h3-4,7-8,13H,5-6,9-11H2,1-2H3. The number of rotatable bonds is 3. The monoisotopic (exact) mass is 247 g/mol. The van der Waals surface area contributed by atoms with E-state index in [0.717, 1.165) is 32.5 Å². The molecule has 0 atom stereocenters. The van der Waals surface area contributed by atoms with Gasteiger partial charge in [0.05, 0.1) is 0 Å². The summed E-state index contributed by atoms with van der Waals surface area (Å²) in [6.45, 7) is 2.98. The van der Waals surface area contributed by atoms with Crippen molar-refractivity contribution in [1.82, 2.24) is 14.8 Å². The normalized spacial score (nSPS) is 17.7. The van der Waals surface area contributed by atoms with Crippen LogP contribution in [0.25, 0.3) is 0 Å². The lowest BCUT2D eigenvalue weighted by molar-refractivity contribution is -0.134. The maximum atomic E-state index is 11.9. The smallest absolute Gasteiger partial charge is 0.225 e. The van der Waals surface area contributed by atoms with E-state index in [4.69, 9.17) is 0 Å². The Morgan fingerprint density at radius 2 is 1.94 bits per heavy atom. The maximum absolute atomic E-state index is 11.9. The summed E-state index contributed by atoms with van der Waals surface area (Å²) in [5.74, 6) is 0.493. The van der Waals surface area contributed by atoms with E-state index in [0.29, 0.717) is 0 Å². The van der Waals surface area contributed by atoms with E-state index in [-0.39, 0.29) is 11.8 Å². The van der Waals surface area contributed by atoms with Crippen molar-refractivity contribution in [2.45, 2.75) is 19.4 Å². The summed E-state index contributed by atoms with van der Waals surface area (Å²) in [5, 5.41) is 0. The first-order valence-corrected chi connectivity index (χ1v) is 6.49. The van der Waals surface area contributed by atoms with Crippen molar-refractivity contribution >= 4 is 5.91 Å². The van der Waals surface area contributed by atoms with Gasteiger partial charge >= 0.3 is 0 Å². The minimum atomic E-state index is 0.216. The second-order valence-corrected chi connectivity index (χ2v) is 5.14. The van der Waals surface area contributed by atoms with E-state index in [1.54, 1.807) is 4.90 Å². The molecule has 4 heteroatoms. The SMILES string of the molecule is CN(C)C(=O)C1CCN(Cc2ccncc2)CC1. The van der Waals surface area contributed by atoms with Gasteiger partial charge in [0.25, 0.3) is 0 Å². The van der Waals surface area contributed by atoms with Gasteiger partial charge in [-0.05, 0) is 43.6 Å². The van der Waals surface area contributed by atoms with Gasteiger partial charge < -0.3 is 4.90 Å². The first-order valence-electron chi connectivity index (χ1n) is 6.49. The summed E-state index contributed by atoms with van der Waals surface area (Å²) in [6.07, 6.45) is 5.61. The third kappa shape index (κ3) is 3.29. The largest absolute Gasteiger partial charge is 0.349 e. The van der Waals surface area contributed by atoms with Crippen LogP contribution < -0.4 is 0 Å². The fraction of sp³-hybridized carbons (Fsp3) is 0.571. The van der Waals surface area contributed by atoms with E-state index in [1.165, 1.54) is 5.56 Å². The lowest BCUT2D eigenvalue weighted by Crippen LogP contribution is -2.39. The van der Waals surface area contributed by atoms with E-state index in [2.05, 4.69) is 22.0 Å². The number of hydrogen-bond acceptors (Lipinski definition) is 3. The zero-order valence-electron chi connectivity index (χ0n) is 11.2. The van der Waals surface area contributed by atoms with Crippen molar-refractivity contribution in [2.75, 3.05) is 27.2 Å². The number of hydrogen-bond donors (Lipinski definition) is 0. The topological polar surface area (TPSA) is 36.4 Å². The molecule has 0 N–H and O–H groups in total. The van der Waals surface area contributed by atoms with Crippen molar-refractivity contribution in [1.29, 1.82) is 0 Å². The third-order valence-corrected chi connectivity index (χ3v) is 3.53. The van der Waals surface area contributed by atoms with Crippen LogP contribution in [-0.4, -0.2) is 47.9 Å². The number of carbonyl (C=O) groups excluding carboxylic acids is 1. The fourth-order valence-corrected chi connectivity index (χ4v) is 2.45. The van der Waals surface area contributed by atoms with Gasteiger partial charge in [-0.3, -0.25) is 14.7 Å². The minimum Gasteiger partial charge on any atom is -0.349 e. The summed E-state index contributed by atoms with van der Waals surface area (Å²) in [5.41, 5.74) is 1.29. The molecular weight excluding hydrogens is 226 g/mol. The van der Waals surface area contributed by atoms with Crippen LogP contribution in [0.2, 0.25) is 0 Å². The highest BCUT2D eigenvalue weighted by atomic mass is 16.2. The van der Waals surface area contributed by atoms with E-state index >= 15 is 0 Å². The van der Waals surface area contributed by atoms with E-state index < -0.39 is 0 Å². The molecule has 0 aromatic carbocycles. The number of likely N-dealkylation sites (tertiary alicyclic amines) is 1. The fourth-order valence-electron chi connectivity index (χ4n) is 2.45. The van der Waals surface area contributed by atoms with Crippen LogP contribution in [0.15, 0.2) is 24.5 Å². The number of amides is 1. The van der Waals surface area contributed by atoms with Crippen LogP contribution in [0.3, 0.4) is 0 Å². The molecular formula is C14H21N3O. The molecule has 0 spiro atoms. The van der Waals surface area contributed by atoms with Gasteiger partial charge in [0.1, 0.15) is 0 Å². The number of pyridine rings is 1. The highest BCUT2D eigenvalue weighted by molar-refractivity contribution is 5.78. The highest BCUT2D eigenvalue weighted by Crippen LogP contribution is 2.20. The van der Waals surface area contributed by atoms with Crippen LogP contribution in [0, 0.1) is 5.92 Å². The summed E-state index contributed by atoms with van der Waals surface area (Å²) in [6, 6.07) is 4.11. The predicted octanol–water partition coefficient (Wildman–Crippen LogP) is 1.38. The number of piperidine rings is 1. The van der Waals surface area contributed by atoms with Crippen molar-refractivity contribution in [2.24, 2.45) is 5.92 Å². The Morgan fingerprint density at radius 3 is 2.50 bits per heavy atom. The molecule has 1 saturated heterocycles. The van der Waals surface area contributed by atoms with Crippen LogP contribution in [0.5, 0.6) is 0 Å². The second kappa shape index (κ2) is 5.96. The second-order valence-electron chi connectivity index (χ2n) is 5.14. The Kier molecular flexibility index (Phi) is 4.31. The van der Waals surface area contributed by atoms with Gasteiger partial charge in [-0.25, -0.2) is 0 Å². The average Bonchev–Trinajstić information content (AvgIpc) is 2.40. The van der Waals surface area contributed by atoms with Gasteiger partial charge in [-0.15, -0.1) is 0 Å². The molecule has 18 heavy (non-hydrogen) atoms. The van der Waals surface area contributed by atoms with Crippen molar-refractivity contribution in [3.63, 3.8) is 0 Å². The lowest BCUT2D eigenvalue weighted by Gasteiger charge is -2.32. The molecule has 98 valence electrons. The van der Waals surface area contributed by atoms with E-state index in [1.807, 2.05) is 26.5 Å². The number of nitrogens with zero attached hydrogens (tertiary/aromatic N) is 3. The molecule has 1 aliphatic heterocycles. The van der Waals surface area contributed by atoms with Gasteiger partial charge in [0.15, 0.2) is 0 Å². The Hall–Kier alpha value is -1.42. The van der Waals surface area contributed by atoms with Gasteiger partial charge in [-0.1, -0.05) is 0 Å². The number of carbonyl (C=O) groups is 1. The molecule has 0 radical (unpaired) electrons. The number of aromatic nitrogens is 1. The Morgan fingerprint density at radius 1 is 1.33 bits per heavy atom. The Balaban J connectivity index is 1.82. The Labute approximate surface area is 109 Å². The quantitative estimate of drug-likeness (QED) is 0.809. The molecule has 0 unspecified atom stereocenters. The van der Waals surface area contributed by atoms with Gasteiger partial charge in [0, 0.05) is 39.0 Å². The summed E-state index contributed by atoms with van der Waals surface area (Å²) < 4.78 is 0. The van der Waals surface area contributed by atoms with Crippen LogP contribution >= 0.6 is 0 Å². The molecule has 1 aliphatic rings. The highest BCUT2D eigenvalue weighted by Gasteiger charge is 2.25. The molecule has 2 rings (SSSR count). The summed E-state index contributed by atoms with van der Waals surface area (Å²) in [4.78, 5) is 20.0. The summed E-state index contributed by atoms with van der Waals surface area (Å²) >= 11 is 0.